The van der Waals surface area contributed by atoms with E-state index in [0.29, 0.717) is 26.3 Å². The van der Waals surface area contributed by atoms with Gasteiger partial charge < -0.3 is 4.42 Å². The second-order valence-corrected chi connectivity index (χ2v) is 8.51. The van der Waals surface area contributed by atoms with E-state index in [9.17, 15) is 14.9 Å². The van der Waals surface area contributed by atoms with Gasteiger partial charge in [0.25, 0.3) is 11.6 Å². The van der Waals surface area contributed by atoms with E-state index in [4.69, 9.17) is 28.2 Å². The standard InChI is InChI=1S/C21H13ClN2O4S2/c1-12-4-2-3-5-17(12)23-20(25)19(30-21(23)29)11-14-7-9-18(28-14)15-8-6-13(24(26)27)10-16(15)22/h2-11H,1H3. The molecule has 9 heteroatoms. The lowest BCUT2D eigenvalue weighted by atomic mass is 10.1. The predicted octanol–water partition coefficient (Wildman–Crippen LogP) is 6.22. The lowest BCUT2D eigenvalue weighted by Gasteiger charge is -2.16. The summed E-state index contributed by atoms with van der Waals surface area (Å²) in [6, 6.07) is 15.1. The summed E-state index contributed by atoms with van der Waals surface area (Å²) in [7, 11) is 0. The first-order valence-corrected chi connectivity index (χ1v) is 10.3. The number of aryl methyl sites for hydroxylation is 1. The molecule has 0 spiro atoms. The number of thiocarbonyl (C=S) groups is 1. The molecule has 0 N–H and O–H groups in total. The molecule has 2 aromatic carbocycles. The molecule has 150 valence electrons. The molecule has 1 amide bonds. The van der Waals surface area contributed by atoms with E-state index in [1.165, 1.54) is 34.9 Å². The van der Waals surface area contributed by atoms with Crippen molar-refractivity contribution >= 4 is 63.3 Å². The van der Waals surface area contributed by atoms with Gasteiger partial charge in [0.1, 0.15) is 11.5 Å². The van der Waals surface area contributed by atoms with Gasteiger partial charge in [-0.2, -0.15) is 0 Å². The first-order chi connectivity index (χ1) is 14.3. The number of amides is 1. The summed E-state index contributed by atoms with van der Waals surface area (Å²) >= 11 is 12.8. The fraction of sp³-hybridized carbons (Fsp3) is 0.0476. The largest absolute Gasteiger partial charge is 0.457 e. The molecular formula is C21H13ClN2O4S2. The number of carbonyl (C=O) groups is 1. The number of nitro groups is 1. The molecule has 4 rings (SSSR count). The Kier molecular flexibility index (Phi) is 5.46. The van der Waals surface area contributed by atoms with Crippen LogP contribution in [0.1, 0.15) is 11.3 Å². The van der Waals surface area contributed by atoms with Gasteiger partial charge in [0, 0.05) is 23.8 Å². The number of nitrogens with zero attached hydrogens (tertiary/aromatic N) is 2. The van der Waals surface area contributed by atoms with E-state index in [2.05, 4.69) is 0 Å². The minimum Gasteiger partial charge on any atom is -0.457 e. The zero-order chi connectivity index (χ0) is 21.4. The number of furan rings is 1. The Morgan fingerprint density at radius 2 is 1.97 bits per heavy atom. The maximum Gasteiger partial charge on any atom is 0.270 e. The number of hydrogen-bond acceptors (Lipinski definition) is 6. The summed E-state index contributed by atoms with van der Waals surface area (Å²) in [5.41, 5.74) is 2.12. The van der Waals surface area contributed by atoms with Crippen LogP contribution in [0, 0.1) is 17.0 Å². The van der Waals surface area contributed by atoms with E-state index < -0.39 is 4.92 Å². The Labute approximate surface area is 186 Å². The van der Waals surface area contributed by atoms with Gasteiger partial charge >= 0.3 is 0 Å². The quantitative estimate of drug-likeness (QED) is 0.201. The van der Waals surface area contributed by atoms with Crippen LogP contribution in [-0.2, 0) is 4.79 Å². The molecule has 6 nitrogen and oxygen atoms in total. The van der Waals surface area contributed by atoms with Gasteiger partial charge in [0.2, 0.25) is 0 Å². The van der Waals surface area contributed by atoms with Gasteiger partial charge in [0.05, 0.1) is 20.5 Å². The van der Waals surface area contributed by atoms with Crippen molar-refractivity contribution in [1.82, 2.24) is 0 Å². The smallest absolute Gasteiger partial charge is 0.270 e. The zero-order valence-corrected chi connectivity index (χ0v) is 17.9. The van der Waals surface area contributed by atoms with Crippen LogP contribution in [0.3, 0.4) is 0 Å². The molecule has 0 unspecified atom stereocenters. The highest BCUT2D eigenvalue weighted by atomic mass is 35.5. The number of hydrogen-bond donors (Lipinski definition) is 0. The molecule has 30 heavy (non-hydrogen) atoms. The third-order valence-electron chi connectivity index (χ3n) is 4.48. The monoisotopic (exact) mass is 456 g/mol. The number of carbonyl (C=O) groups excluding carboxylic acids is 1. The second kappa shape index (κ2) is 8.06. The van der Waals surface area contributed by atoms with Crippen molar-refractivity contribution < 1.29 is 14.1 Å². The third kappa shape index (κ3) is 3.77. The van der Waals surface area contributed by atoms with Gasteiger partial charge in [-0.3, -0.25) is 19.8 Å². The van der Waals surface area contributed by atoms with E-state index in [1.807, 2.05) is 31.2 Å². The molecule has 0 bridgehead atoms. The topological polar surface area (TPSA) is 76.6 Å². The normalized spacial score (nSPS) is 15.3. The summed E-state index contributed by atoms with van der Waals surface area (Å²) in [5.74, 6) is 0.672. The van der Waals surface area contributed by atoms with Crippen LogP contribution in [0.15, 0.2) is 63.9 Å². The molecule has 0 aliphatic carbocycles. The molecule has 2 heterocycles. The lowest BCUT2D eigenvalue weighted by molar-refractivity contribution is -0.384. The summed E-state index contributed by atoms with van der Waals surface area (Å²) in [6.07, 6.45) is 1.63. The molecule has 0 atom stereocenters. The number of thioether (sulfide) groups is 1. The number of non-ortho nitro benzene ring substituents is 1. The molecule has 1 aliphatic rings. The number of nitro benzene ring substituents is 1. The number of halogens is 1. The summed E-state index contributed by atoms with van der Waals surface area (Å²) in [6.45, 7) is 1.92. The molecule has 3 aromatic rings. The third-order valence-corrected chi connectivity index (χ3v) is 6.09. The Morgan fingerprint density at radius 1 is 1.20 bits per heavy atom. The van der Waals surface area contributed by atoms with Crippen LogP contribution < -0.4 is 4.90 Å². The summed E-state index contributed by atoms with van der Waals surface area (Å²) in [5, 5.41) is 11.1. The molecular weight excluding hydrogens is 444 g/mol. The Balaban J connectivity index is 1.62. The van der Waals surface area contributed by atoms with Gasteiger partial charge in [-0.1, -0.05) is 53.8 Å². The average molecular weight is 457 g/mol. The molecule has 0 saturated carbocycles. The van der Waals surface area contributed by atoms with Gasteiger partial charge in [-0.15, -0.1) is 0 Å². The van der Waals surface area contributed by atoms with Gasteiger partial charge in [0.15, 0.2) is 4.32 Å². The first-order valence-electron chi connectivity index (χ1n) is 8.73. The molecule has 0 radical (unpaired) electrons. The zero-order valence-electron chi connectivity index (χ0n) is 15.5. The van der Waals surface area contributed by atoms with Gasteiger partial charge in [-0.25, -0.2) is 0 Å². The second-order valence-electron chi connectivity index (χ2n) is 6.43. The predicted molar refractivity (Wildman–Crippen MR) is 123 cm³/mol. The molecule has 1 saturated heterocycles. The van der Waals surface area contributed by atoms with Crippen LogP contribution in [0.2, 0.25) is 5.02 Å². The number of para-hydroxylation sites is 1. The van der Waals surface area contributed by atoms with E-state index in [-0.39, 0.29) is 16.6 Å². The molecule has 1 aromatic heterocycles. The van der Waals surface area contributed by atoms with Gasteiger partial charge in [-0.05, 0) is 36.8 Å². The SMILES string of the molecule is Cc1ccccc1N1C(=O)C(=Cc2ccc(-c3ccc([N+](=O)[O-])cc3Cl)o2)SC1=S. The number of benzene rings is 2. The highest BCUT2D eigenvalue weighted by Crippen LogP contribution is 2.38. The minimum absolute atomic E-state index is 0.101. The van der Waals surface area contributed by atoms with Crippen molar-refractivity contribution in [3.8, 4) is 11.3 Å². The Hall–Kier alpha value is -2.94. The number of rotatable bonds is 4. The van der Waals surface area contributed by atoms with Crippen molar-refractivity contribution in [2.45, 2.75) is 6.92 Å². The highest BCUT2D eigenvalue weighted by molar-refractivity contribution is 8.27. The lowest BCUT2D eigenvalue weighted by Crippen LogP contribution is -2.28. The summed E-state index contributed by atoms with van der Waals surface area (Å²) < 4.78 is 6.25. The number of anilines is 1. The van der Waals surface area contributed by atoms with Crippen LogP contribution in [-0.4, -0.2) is 15.2 Å². The average Bonchev–Trinajstić information content (AvgIpc) is 3.27. The van der Waals surface area contributed by atoms with Crippen LogP contribution in [0.25, 0.3) is 17.4 Å². The maximum atomic E-state index is 12.9. The van der Waals surface area contributed by atoms with E-state index in [0.717, 1.165) is 11.3 Å². The van der Waals surface area contributed by atoms with Crippen LogP contribution >= 0.6 is 35.6 Å². The Morgan fingerprint density at radius 3 is 2.67 bits per heavy atom. The van der Waals surface area contributed by atoms with Crippen molar-refractivity contribution in [2.24, 2.45) is 0 Å². The van der Waals surface area contributed by atoms with E-state index >= 15 is 0 Å². The van der Waals surface area contributed by atoms with Crippen LogP contribution in [0.4, 0.5) is 11.4 Å². The van der Waals surface area contributed by atoms with Crippen molar-refractivity contribution in [3.05, 3.63) is 86.0 Å². The van der Waals surface area contributed by atoms with Crippen molar-refractivity contribution in [1.29, 1.82) is 0 Å². The van der Waals surface area contributed by atoms with Crippen molar-refractivity contribution in [3.63, 3.8) is 0 Å². The Bertz CT molecular complexity index is 1240. The van der Waals surface area contributed by atoms with E-state index in [1.54, 1.807) is 18.2 Å². The summed E-state index contributed by atoms with van der Waals surface area (Å²) in [4.78, 5) is 25.2. The maximum absolute atomic E-state index is 12.9. The fourth-order valence-electron chi connectivity index (χ4n) is 3.01. The fourth-order valence-corrected chi connectivity index (χ4v) is 4.54. The minimum atomic E-state index is -0.514. The first kappa shape index (κ1) is 20.3. The van der Waals surface area contributed by atoms with Crippen molar-refractivity contribution in [2.75, 3.05) is 4.90 Å². The van der Waals surface area contributed by atoms with Crippen LogP contribution in [0.5, 0.6) is 0 Å². The molecule has 1 aliphatic heterocycles. The molecule has 1 fully saturated rings. The highest BCUT2D eigenvalue weighted by Gasteiger charge is 2.34.